The van der Waals surface area contributed by atoms with Gasteiger partial charge < -0.3 is 15.2 Å². The second-order valence-corrected chi connectivity index (χ2v) is 8.70. The zero-order valence-corrected chi connectivity index (χ0v) is 20.3. The van der Waals surface area contributed by atoms with Crippen LogP contribution in [0.15, 0.2) is 48.5 Å². The monoisotopic (exact) mass is 505 g/mol. The minimum atomic E-state index is -1.08. The van der Waals surface area contributed by atoms with E-state index in [1.807, 2.05) is 44.2 Å². The highest BCUT2D eigenvalue weighted by Crippen LogP contribution is 2.39. The topological polar surface area (TPSA) is 75.6 Å². The highest BCUT2D eigenvalue weighted by molar-refractivity contribution is 6.49. The first-order valence-electron chi connectivity index (χ1n) is 10.1. The summed E-state index contributed by atoms with van der Waals surface area (Å²) in [6.45, 7) is 4.15. The minimum Gasteiger partial charge on any atom is -0.493 e. The van der Waals surface area contributed by atoms with Crippen molar-refractivity contribution < 1.29 is 19.4 Å². The molecule has 0 fully saturated rings. The molecule has 0 radical (unpaired) electrons. The number of carbonyl (C=O) groups is 2. The van der Waals surface area contributed by atoms with Crippen LogP contribution in [0.3, 0.4) is 0 Å². The zero-order valence-electron chi connectivity index (χ0n) is 18.0. The van der Waals surface area contributed by atoms with Crippen LogP contribution in [0, 0.1) is 13.8 Å². The molecular weight excluding hydrogens is 485 g/mol. The van der Waals surface area contributed by atoms with Crippen molar-refractivity contribution in [3.8, 4) is 5.75 Å². The van der Waals surface area contributed by atoms with Gasteiger partial charge >= 0.3 is 5.97 Å². The van der Waals surface area contributed by atoms with Gasteiger partial charge in [-0.2, -0.15) is 0 Å². The van der Waals surface area contributed by atoms with Gasteiger partial charge in [-0.25, -0.2) is 0 Å². The van der Waals surface area contributed by atoms with E-state index in [0.29, 0.717) is 17.9 Å². The van der Waals surface area contributed by atoms with Crippen LogP contribution >= 0.6 is 34.8 Å². The van der Waals surface area contributed by atoms with Gasteiger partial charge in [-0.05, 0) is 54.3 Å². The Labute approximate surface area is 207 Å². The number of amides is 1. The number of benzene rings is 3. The van der Waals surface area contributed by atoms with E-state index in [1.165, 1.54) is 11.6 Å². The fourth-order valence-electron chi connectivity index (χ4n) is 3.52. The molecule has 0 spiro atoms. The summed E-state index contributed by atoms with van der Waals surface area (Å²) in [4.78, 5) is 24.2. The van der Waals surface area contributed by atoms with Gasteiger partial charge in [-0.1, -0.05) is 65.1 Å². The van der Waals surface area contributed by atoms with Crippen molar-refractivity contribution in [1.82, 2.24) is 0 Å². The first-order chi connectivity index (χ1) is 15.7. The fraction of sp³-hybridized carbons (Fsp3) is 0.200. The van der Waals surface area contributed by atoms with Gasteiger partial charge in [-0.3, -0.25) is 9.59 Å². The van der Waals surface area contributed by atoms with E-state index in [2.05, 4.69) is 5.32 Å². The Balaban J connectivity index is 1.77. The molecule has 0 heterocycles. The standard InChI is InChI=1S/C25H22Cl3NO4/c1-14-10-18(33-9-8-16-6-4-3-5-7-16)11-15(2)21(14)25(32)29-19-12-17(13-20(30)31)22(26)24(28)23(19)27/h3-7,10-12H,8-9,13H2,1-2H3,(H,29,32)(H,30,31). The summed E-state index contributed by atoms with van der Waals surface area (Å²) in [6, 6.07) is 15.1. The van der Waals surface area contributed by atoms with E-state index in [1.54, 1.807) is 12.1 Å². The smallest absolute Gasteiger partial charge is 0.307 e. The maximum atomic E-state index is 13.0. The summed E-state index contributed by atoms with van der Waals surface area (Å²) in [7, 11) is 0. The molecule has 8 heteroatoms. The number of hydrogen-bond acceptors (Lipinski definition) is 3. The van der Waals surface area contributed by atoms with Crippen molar-refractivity contribution in [1.29, 1.82) is 0 Å². The third-order valence-electron chi connectivity index (χ3n) is 5.05. The van der Waals surface area contributed by atoms with Gasteiger partial charge in [0.15, 0.2) is 0 Å². The van der Waals surface area contributed by atoms with E-state index in [-0.39, 0.29) is 32.7 Å². The van der Waals surface area contributed by atoms with Crippen LogP contribution in [0.4, 0.5) is 5.69 Å². The number of nitrogens with one attached hydrogen (secondary N) is 1. The van der Waals surface area contributed by atoms with Gasteiger partial charge in [-0.15, -0.1) is 0 Å². The summed E-state index contributed by atoms with van der Waals surface area (Å²) < 4.78 is 5.88. The molecule has 2 N–H and O–H groups in total. The molecule has 0 aromatic heterocycles. The highest BCUT2D eigenvalue weighted by Gasteiger charge is 2.20. The third-order valence-corrected chi connectivity index (χ3v) is 6.44. The Bertz CT molecular complexity index is 1170. The quantitative estimate of drug-likeness (QED) is 0.331. The molecule has 3 aromatic carbocycles. The van der Waals surface area contributed by atoms with E-state index in [0.717, 1.165) is 17.5 Å². The van der Waals surface area contributed by atoms with Crippen molar-refractivity contribution in [2.24, 2.45) is 0 Å². The number of halogens is 3. The number of rotatable bonds is 8. The van der Waals surface area contributed by atoms with Crippen molar-refractivity contribution >= 4 is 52.4 Å². The van der Waals surface area contributed by atoms with E-state index < -0.39 is 11.9 Å². The molecule has 0 saturated carbocycles. The van der Waals surface area contributed by atoms with Crippen molar-refractivity contribution in [3.05, 3.63) is 91.4 Å². The highest BCUT2D eigenvalue weighted by atomic mass is 35.5. The number of aryl methyl sites for hydroxylation is 2. The number of carboxylic acids is 1. The van der Waals surface area contributed by atoms with Gasteiger partial charge in [0.1, 0.15) is 5.75 Å². The Morgan fingerprint density at radius 3 is 2.18 bits per heavy atom. The van der Waals surface area contributed by atoms with Gasteiger partial charge in [0.2, 0.25) is 0 Å². The maximum absolute atomic E-state index is 13.0. The molecule has 5 nitrogen and oxygen atoms in total. The Morgan fingerprint density at radius 2 is 1.58 bits per heavy atom. The van der Waals surface area contributed by atoms with Crippen molar-refractivity contribution in [2.75, 3.05) is 11.9 Å². The molecule has 0 aliphatic rings. The Morgan fingerprint density at radius 1 is 0.939 bits per heavy atom. The van der Waals surface area contributed by atoms with Crippen LogP contribution in [0.1, 0.15) is 32.6 Å². The summed E-state index contributed by atoms with van der Waals surface area (Å²) in [5.74, 6) is -0.807. The normalized spacial score (nSPS) is 10.7. The minimum absolute atomic E-state index is 0.0111. The first-order valence-corrected chi connectivity index (χ1v) is 11.3. The van der Waals surface area contributed by atoms with Crippen LogP contribution in [0.5, 0.6) is 5.75 Å². The molecule has 0 bridgehead atoms. The fourth-order valence-corrected chi connectivity index (χ4v) is 4.20. The van der Waals surface area contributed by atoms with Gasteiger partial charge in [0, 0.05) is 12.0 Å². The number of carbonyl (C=O) groups excluding carboxylic acids is 1. The van der Waals surface area contributed by atoms with Crippen LogP contribution in [0.2, 0.25) is 15.1 Å². The molecule has 0 saturated heterocycles. The molecule has 0 unspecified atom stereocenters. The number of hydrogen-bond donors (Lipinski definition) is 2. The number of carboxylic acid groups (broad SMARTS) is 1. The van der Waals surface area contributed by atoms with E-state index in [4.69, 9.17) is 44.6 Å². The van der Waals surface area contributed by atoms with E-state index >= 15 is 0 Å². The summed E-state index contributed by atoms with van der Waals surface area (Å²) in [5, 5.41) is 11.9. The molecule has 172 valence electrons. The number of anilines is 1. The van der Waals surface area contributed by atoms with Crippen molar-refractivity contribution in [3.63, 3.8) is 0 Å². The molecule has 0 aliphatic heterocycles. The molecule has 1 amide bonds. The summed E-state index contributed by atoms with van der Waals surface area (Å²) in [5.41, 5.74) is 3.54. The Hall–Kier alpha value is -2.73. The second kappa shape index (κ2) is 10.9. The van der Waals surface area contributed by atoms with Gasteiger partial charge in [0.25, 0.3) is 5.91 Å². The molecule has 0 atom stereocenters. The first kappa shape index (κ1) is 24.9. The third kappa shape index (κ3) is 6.20. The molecule has 33 heavy (non-hydrogen) atoms. The average Bonchev–Trinajstić information content (AvgIpc) is 2.75. The van der Waals surface area contributed by atoms with Crippen molar-refractivity contribution in [2.45, 2.75) is 26.7 Å². The van der Waals surface area contributed by atoms with Crippen LogP contribution < -0.4 is 10.1 Å². The second-order valence-electron chi connectivity index (χ2n) is 7.57. The lowest BCUT2D eigenvalue weighted by Gasteiger charge is -2.16. The van der Waals surface area contributed by atoms with Gasteiger partial charge in [0.05, 0.1) is 33.8 Å². The number of aliphatic carboxylic acids is 1. The largest absolute Gasteiger partial charge is 0.493 e. The molecule has 0 aliphatic carbocycles. The average molecular weight is 507 g/mol. The summed E-state index contributed by atoms with van der Waals surface area (Å²) >= 11 is 18.5. The van der Waals surface area contributed by atoms with Crippen LogP contribution in [0.25, 0.3) is 0 Å². The lowest BCUT2D eigenvalue weighted by molar-refractivity contribution is -0.136. The Kier molecular flexibility index (Phi) is 8.25. The van der Waals surface area contributed by atoms with Crippen LogP contribution in [-0.2, 0) is 17.6 Å². The lowest BCUT2D eigenvalue weighted by atomic mass is 10.0. The predicted octanol–water partition coefficient (Wildman–Crippen LogP) is 6.76. The SMILES string of the molecule is Cc1cc(OCCc2ccccc2)cc(C)c1C(=O)Nc1cc(CC(=O)O)c(Cl)c(Cl)c1Cl. The number of ether oxygens (including phenoxy) is 1. The lowest BCUT2D eigenvalue weighted by Crippen LogP contribution is -2.16. The predicted molar refractivity (Wildman–Crippen MR) is 132 cm³/mol. The molecular formula is C25H22Cl3NO4. The zero-order chi connectivity index (χ0) is 24.1. The van der Waals surface area contributed by atoms with E-state index in [9.17, 15) is 9.59 Å². The maximum Gasteiger partial charge on any atom is 0.307 e. The molecule has 3 rings (SSSR count). The van der Waals surface area contributed by atoms with Crippen LogP contribution in [-0.4, -0.2) is 23.6 Å². The molecule has 3 aromatic rings. The summed E-state index contributed by atoms with van der Waals surface area (Å²) in [6.07, 6.45) is 0.418.